The third-order valence-electron chi connectivity index (χ3n) is 7.21. The maximum Gasteiger partial charge on any atom is 0.407 e. The van der Waals surface area contributed by atoms with Crippen molar-refractivity contribution in [3.8, 4) is 0 Å². The molecule has 0 aromatic heterocycles. The number of hydrogen-bond acceptors (Lipinski definition) is 6. The normalized spacial score (nSPS) is 20.1. The molecule has 218 valence electrons. The minimum absolute atomic E-state index is 0.156. The van der Waals surface area contributed by atoms with Crippen molar-refractivity contribution < 1.29 is 23.7 Å². The molecular formula is C35H38N2O5. The molecule has 4 atom stereocenters. The Bertz CT molecular complexity index is 1320. The Hall–Kier alpha value is -4.01. The molecule has 1 heterocycles. The van der Waals surface area contributed by atoms with Crippen LogP contribution in [0.15, 0.2) is 121 Å². The topological polar surface area (TPSA) is 78.1 Å². The Labute approximate surface area is 247 Å². The highest BCUT2D eigenvalue weighted by atomic mass is 16.6. The van der Waals surface area contributed by atoms with E-state index in [1.165, 1.54) is 0 Å². The Morgan fingerprint density at radius 3 is 1.60 bits per heavy atom. The average Bonchev–Trinajstić information content (AvgIpc) is 3.05. The highest BCUT2D eigenvalue weighted by Crippen LogP contribution is 2.22. The van der Waals surface area contributed by atoms with E-state index in [9.17, 15) is 4.79 Å². The molecule has 5 rings (SSSR count). The average molecular weight is 567 g/mol. The van der Waals surface area contributed by atoms with Gasteiger partial charge in [-0.25, -0.2) is 4.79 Å². The van der Waals surface area contributed by atoms with Crippen molar-refractivity contribution in [2.45, 2.75) is 50.7 Å². The summed E-state index contributed by atoms with van der Waals surface area (Å²) in [5, 5.41) is 6.59. The first-order valence-corrected chi connectivity index (χ1v) is 14.4. The van der Waals surface area contributed by atoms with Gasteiger partial charge in [0, 0.05) is 6.54 Å². The van der Waals surface area contributed by atoms with Crippen molar-refractivity contribution in [1.29, 1.82) is 0 Å². The number of nitrogens with one attached hydrogen (secondary N) is 2. The van der Waals surface area contributed by atoms with Crippen molar-refractivity contribution >= 4 is 6.09 Å². The predicted molar refractivity (Wildman–Crippen MR) is 161 cm³/mol. The molecule has 0 saturated carbocycles. The molecule has 0 radical (unpaired) electrons. The number of hydrogen-bond donors (Lipinski definition) is 2. The van der Waals surface area contributed by atoms with Crippen molar-refractivity contribution in [3.05, 3.63) is 144 Å². The molecule has 1 fully saturated rings. The minimum Gasteiger partial charge on any atom is -0.445 e. The van der Waals surface area contributed by atoms with Gasteiger partial charge in [-0.3, -0.25) is 0 Å². The van der Waals surface area contributed by atoms with Gasteiger partial charge in [-0.15, -0.1) is 0 Å². The lowest BCUT2D eigenvalue weighted by Crippen LogP contribution is -2.66. The zero-order valence-corrected chi connectivity index (χ0v) is 23.6. The SMILES string of the molecule is O=C(N[C@H]1CN[C@H](COCc2ccccc2)[C@H](OCc2ccccc2)[C@H]1OCc1ccccc1)OCc1ccccc1. The van der Waals surface area contributed by atoms with E-state index in [-0.39, 0.29) is 18.7 Å². The zero-order valence-electron chi connectivity index (χ0n) is 23.6. The van der Waals surface area contributed by atoms with Crippen LogP contribution in [0.5, 0.6) is 0 Å². The van der Waals surface area contributed by atoms with Crippen LogP contribution in [0.3, 0.4) is 0 Å². The van der Waals surface area contributed by atoms with E-state index in [4.69, 9.17) is 18.9 Å². The van der Waals surface area contributed by atoms with E-state index >= 15 is 0 Å². The molecule has 4 aromatic carbocycles. The maximum absolute atomic E-state index is 12.9. The van der Waals surface area contributed by atoms with Gasteiger partial charge >= 0.3 is 6.09 Å². The number of ether oxygens (including phenoxy) is 4. The Balaban J connectivity index is 1.30. The Morgan fingerprint density at radius 2 is 1.07 bits per heavy atom. The lowest BCUT2D eigenvalue weighted by molar-refractivity contribution is -0.135. The lowest BCUT2D eigenvalue weighted by atomic mass is 9.93. The number of carbonyl (C=O) groups excluding carboxylic acids is 1. The van der Waals surface area contributed by atoms with Gasteiger partial charge in [-0.1, -0.05) is 121 Å². The van der Waals surface area contributed by atoms with Gasteiger partial charge in [-0.05, 0) is 22.3 Å². The first-order valence-electron chi connectivity index (χ1n) is 14.4. The number of alkyl carbamates (subject to hydrolysis) is 1. The highest BCUT2D eigenvalue weighted by molar-refractivity contribution is 5.67. The molecular weight excluding hydrogens is 528 g/mol. The fourth-order valence-electron chi connectivity index (χ4n) is 5.00. The standard InChI is InChI=1S/C35H38N2O5/c38-35(42-25-30-19-11-4-12-20-30)37-31-21-36-32(26-39-22-27-13-5-1-6-14-27)34(41-24-29-17-9-3-10-18-29)33(31)40-23-28-15-7-2-8-16-28/h1-20,31-34,36H,21-26H2,(H,37,38)/t31-,32+,33-,34-/m0/s1. The van der Waals surface area contributed by atoms with Crippen molar-refractivity contribution in [1.82, 2.24) is 10.6 Å². The van der Waals surface area contributed by atoms with Crippen molar-refractivity contribution in [2.24, 2.45) is 0 Å². The fourth-order valence-corrected chi connectivity index (χ4v) is 5.00. The summed E-state index contributed by atoms with van der Waals surface area (Å²) >= 11 is 0. The highest BCUT2D eigenvalue weighted by Gasteiger charge is 2.42. The van der Waals surface area contributed by atoms with Crippen LogP contribution in [0.25, 0.3) is 0 Å². The van der Waals surface area contributed by atoms with Crippen LogP contribution in [0.2, 0.25) is 0 Å². The molecule has 7 nitrogen and oxygen atoms in total. The van der Waals surface area contributed by atoms with Gasteiger partial charge in [0.05, 0.1) is 38.5 Å². The van der Waals surface area contributed by atoms with Gasteiger partial charge < -0.3 is 29.6 Å². The summed E-state index contributed by atoms with van der Waals surface area (Å²) in [6.07, 6.45) is -1.36. The summed E-state index contributed by atoms with van der Waals surface area (Å²) in [6, 6.07) is 39.2. The van der Waals surface area contributed by atoms with E-state index in [1.54, 1.807) is 0 Å². The molecule has 1 saturated heterocycles. The molecule has 1 aliphatic rings. The number of rotatable bonds is 13. The van der Waals surface area contributed by atoms with Crippen LogP contribution in [0.1, 0.15) is 22.3 Å². The number of amides is 1. The molecule has 4 aromatic rings. The summed E-state index contributed by atoms with van der Waals surface area (Å²) < 4.78 is 24.8. The van der Waals surface area contributed by atoms with Crippen LogP contribution < -0.4 is 10.6 Å². The van der Waals surface area contributed by atoms with Crippen molar-refractivity contribution in [2.75, 3.05) is 13.2 Å². The van der Waals surface area contributed by atoms with Crippen LogP contribution >= 0.6 is 0 Å². The van der Waals surface area contributed by atoms with Crippen LogP contribution in [-0.4, -0.2) is 43.5 Å². The van der Waals surface area contributed by atoms with Gasteiger partial charge in [0.1, 0.15) is 18.8 Å². The number of carbonyl (C=O) groups is 1. The molecule has 0 bridgehead atoms. The molecule has 1 amide bonds. The first-order chi connectivity index (χ1) is 20.7. The van der Waals surface area contributed by atoms with E-state index in [0.29, 0.717) is 33.0 Å². The van der Waals surface area contributed by atoms with Gasteiger partial charge in [0.25, 0.3) is 0 Å². The van der Waals surface area contributed by atoms with Crippen LogP contribution in [-0.2, 0) is 45.4 Å². The van der Waals surface area contributed by atoms with Gasteiger partial charge in [-0.2, -0.15) is 0 Å². The van der Waals surface area contributed by atoms with Crippen LogP contribution in [0.4, 0.5) is 4.79 Å². The third-order valence-corrected chi connectivity index (χ3v) is 7.21. The van der Waals surface area contributed by atoms with Gasteiger partial charge in [0.15, 0.2) is 0 Å². The molecule has 1 aliphatic heterocycles. The predicted octanol–water partition coefficient (Wildman–Crippen LogP) is 5.64. The zero-order chi connectivity index (χ0) is 28.8. The second kappa shape index (κ2) is 15.8. The monoisotopic (exact) mass is 566 g/mol. The molecule has 0 aliphatic carbocycles. The summed E-state index contributed by atoms with van der Waals surface area (Å²) in [6.45, 7) is 2.36. The molecule has 0 unspecified atom stereocenters. The van der Waals surface area contributed by atoms with E-state index in [1.807, 2.05) is 121 Å². The Morgan fingerprint density at radius 1 is 0.619 bits per heavy atom. The summed E-state index contributed by atoms with van der Waals surface area (Å²) in [4.78, 5) is 12.9. The first kappa shape index (κ1) is 29.5. The summed E-state index contributed by atoms with van der Waals surface area (Å²) in [5.74, 6) is 0. The minimum atomic E-state index is -0.500. The fraction of sp³-hybridized carbons (Fsp3) is 0.286. The third kappa shape index (κ3) is 8.99. The summed E-state index contributed by atoms with van der Waals surface area (Å²) in [5.41, 5.74) is 4.12. The molecule has 42 heavy (non-hydrogen) atoms. The second-order valence-corrected chi connectivity index (χ2v) is 10.4. The van der Waals surface area contributed by atoms with E-state index in [0.717, 1.165) is 22.3 Å². The largest absolute Gasteiger partial charge is 0.445 e. The van der Waals surface area contributed by atoms with E-state index < -0.39 is 18.3 Å². The van der Waals surface area contributed by atoms with Gasteiger partial charge in [0.2, 0.25) is 0 Å². The number of piperidine rings is 1. The lowest BCUT2D eigenvalue weighted by Gasteiger charge is -2.43. The molecule has 0 spiro atoms. The Kier molecular flexibility index (Phi) is 11.1. The van der Waals surface area contributed by atoms with Crippen LogP contribution in [0, 0.1) is 0 Å². The quantitative estimate of drug-likeness (QED) is 0.218. The van der Waals surface area contributed by atoms with E-state index in [2.05, 4.69) is 10.6 Å². The number of benzene rings is 4. The van der Waals surface area contributed by atoms with Crippen molar-refractivity contribution in [3.63, 3.8) is 0 Å². The second-order valence-electron chi connectivity index (χ2n) is 10.4. The smallest absolute Gasteiger partial charge is 0.407 e. The molecule has 7 heteroatoms. The summed E-state index contributed by atoms with van der Waals surface area (Å²) in [7, 11) is 0. The maximum atomic E-state index is 12.9. The molecule has 2 N–H and O–H groups in total.